The summed E-state index contributed by atoms with van der Waals surface area (Å²) in [6.45, 7) is 0. The Morgan fingerprint density at radius 2 is 2.21 bits per heavy atom. The summed E-state index contributed by atoms with van der Waals surface area (Å²) in [4.78, 5) is 15.6. The van der Waals surface area contributed by atoms with Gasteiger partial charge >= 0.3 is 0 Å². The molecule has 1 aromatic carbocycles. The van der Waals surface area contributed by atoms with Crippen LogP contribution in [0.5, 0.6) is 0 Å². The predicted molar refractivity (Wildman–Crippen MR) is 70.8 cm³/mol. The Balaban J connectivity index is 2.03. The Labute approximate surface area is 114 Å². The van der Waals surface area contributed by atoms with Gasteiger partial charge in [0, 0.05) is 5.75 Å². The Morgan fingerprint density at radius 1 is 1.47 bits per heavy atom. The number of carbonyl (C=O) groups excluding carboxylic acids is 1. The second-order valence-corrected chi connectivity index (χ2v) is 5.21. The quantitative estimate of drug-likeness (QED) is 0.897. The minimum absolute atomic E-state index is 0.0396. The van der Waals surface area contributed by atoms with E-state index >= 15 is 0 Å². The van der Waals surface area contributed by atoms with Gasteiger partial charge in [-0.2, -0.15) is 5.26 Å². The molecule has 1 amide bonds. The van der Waals surface area contributed by atoms with Crippen LogP contribution in [0.2, 0.25) is 0 Å². The Bertz CT molecular complexity index is 684. The first-order valence-corrected chi connectivity index (χ1v) is 6.69. The Kier molecular flexibility index (Phi) is 2.76. The highest BCUT2D eigenvalue weighted by Crippen LogP contribution is 2.37. The number of nitrogens with two attached hydrogens (primary N) is 1. The summed E-state index contributed by atoms with van der Waals surface area (Å²) in [6.07, 6.45) is 1.51. The molecule has 19 heavy (non-hydrogen) atoms. The molecule has 3 rings (SSSR count). The number of thioether (sulfide) groups is 1. The summed E-state index contributed by atoms with van der Waals surface area (Å²) >= 11 is 1.60. The van der Waals surface area contributed by atoms with E-state index in [1.54, 1.807) is 23.9 Å². The van der Waals surface area contributed by atoms with Gasteiger partial charge in [0.05, 0.1) is 23.9 Å². The minimum Gasteiger partial charge on any atom is -0.364 e. The first-order chi connectivity index (χ1) is 9.20. The highest BCUT2D eigenvalue weighted by atomic mass is 32.2. The van der Waals surface area contributed by atoms with Crippen molar-refractivity contribution in [2.24, 2.45) is 5.73 Å². The van der Waals surface area contributed by atoms with Gasteiger partial charge in [0.25, 0.3) is 5.91 Å². The smallest absolute Gasteiger partial charge is 0.267 e. The molecule has 5 nitrogen and oxygen atoms in total. The molecule has 1 aromatic heterocycles. The van der Waals surface area contributed by atoms with Crippen LogP contribution in [-0.4, -0.2) is 21.2 Å². The van der Waals surface area contributed by atoms with Gasteiger partial charge in [-0.05, 0) is 17.7 Å². The lowest BCUT2D eigenvalue weighted by Crippen LogP contribution is -2.20. The molecule has 6 heteroatoms. The molecule has 94 valence electrons. The van der Waals surface area contributed by atoms with Crippen molar-refractivity contribution in [3.8, 4) is 6.07 Å². The maximum absolute atomic E-state index is 11.4. The van der Waals surface area contributed by atoms with Crippen molar-refractivity contribution in [3.05, 3.63) is 47.3 Å². The lowest BCUT2D eigenvalue weighted by Gasteiger charge is -2.14. The molecule has 0 spiro atoms. The van der Waals surface area contributed by atoms with E-state index in [-0.39, 0.29) is 6.04 Å². The zero-order chi connectivity index (χ0) is 13.4. The standard InChI is InChI=1S/C13H10N4OS/c14-5-8-1-3-9(4-2-8)11-7-19-13-16-6-10(12(15)18)17(11)13/h1-4,6,11H,7H2,(H2,15,18). The van der Waals surface area contributed by atoms with Crippen LogP contribution in [0, 0.1) is 11.3 Å². The van der Waals surface area contributed by atoms with Gasteiger partial charge in [-0.15, -0.1) is 0 Å². The van der Waals surface area contributed by atoms with E-state index in [1.165, 1.54) is 6.20 Å². The number of rotatable bonds is 2. The van der Waals surface area contributed by atoms with Crippen molar-refractivity contribution in [1.82, 2.24) is 9.55 Å². The Hall–Kier alpha value is -2.26. The molecular formula is C13H10N4OS. The van der Waals surface area contributed by atoms with Crippen LogP contribution >= 0.6 is 11.8 Å². The molecule has 0 saturated carbocycles. The molecule has 2 aromatic rings. The van der Waals surface area contributed by atoms with E-state index in [4.69, 9.17) is 11.0 Å². The third kappa shape index (κ3) is 1.88. The maximum atomic E-state index is 11.4. The number of nitriles is 1. The fourth-order valence-electron chi connectivity index (χ4n) is 2.19. The maximum Gasteiger partial charge on any atom is 0.267 e. The van der Waals surface area contributed by atoms with Gasteiger partial charge in [-0.1, -0.05) is 23.9 Å². The number of amides is 1. The average Bonchev–Trinajstić information content (AvgIpc) is 2.99. The summed E-state index contributed by atoms with van der Waals surface area (Å²) in [6, 6.07) is 9.50. The SMILES string of the molecule is N#Cc1ccc(C2CSc3ncc(C(N)=O)n32)cc1. The molecule has 1 aliphatic rings. The molecule has 0 fully saturated rings. The lowest BCUT2D eigenvalue weighted by atomic mass is 10.1. The first kappa shape index (κ1) is 11.8. The van der Waals surface area contributed by atoms with Gasteiger partial charge < -0.3 is 10.3 Å². The number of carbonyl (C=O) groups is 1. The van der Waals surface area contributed by atoms with Crippen LogP contribution in [0.4, 0.5) is 0 Å². The monoisotopic (exact) mass is 270 g/mol. The number of hydrogen-bond acceptors (Lipinski definition) is 4. The van der Waals surface area contributed by atoms with Crippen LogP contribution < -0.4 is 5.73 Å². The summed E-state index contributed by atoms with van der Waals surface area (Å²) < 4.78 is 1.87. The highest BCUT2D eigenvalue weighted by Gasteiger charge is 2.29. The third-order valence-corrected chi connectivity index (χ3v) is 4.16. The molecule has 2 N–H and O–H groups in total. The highest BCUT2D eigenvalue weighted by molar-refractivity contribution is 7.99. The summed E-state index contributed by atoms with van der Waals surface area (Å²) in [7, 11) is 0. The molecular weight excluding hydrogens is 260 g/mol. The second kappa shape index (κ2) is 4.44. The van der Waals surface area contributed by atoms with Crippen molar-refractivity contribution in [3.63, 3.8) is 0 Å². The van der Waals surface area contributed by atoms with E-state index in [2.05, 4.69) is 11.1 Å². The molecule has 1 unspecified atom stereocenters. The number of fused-ring (bicyclic) bond motifs is 1. The van der Waals surface area contributed by atoms with Crippen LogP contribution in [0.1, 0.15) is 27.7 Å². The number of hydrogen-bond donors (Lipinski definition) is 1. The number of imidazole rings is 1. The molecule has 2 heterocycles. The largest absolute Gasteiger partial charge is 0.364 e. The normalized spacial score (nSPS) is 16.9. The van der Waals surface area contributed by atoms with E-state index < -0.39 is 5.91 Å². The van der Waals surface area contributed by atoms with Crippen LogP contribution in [-0.2, 0) is 0 Å². The van der Waals surface area contributed by atoms with Gasteiger partial charge in [0.1, 0.15) is 5.69 Å². The molecule has 1 atom stereocenters. The first-order valence-electron chi connectivity index (χ1n) is 5.70. The van der Waals surface area contributed by atoms with Crippen molar-refractivity contribution < 1.29 is 4.79 Å². The van der Waals surface area contributed by atoms with E-state index in [0.29, 0.717) is 11.3 Å². The van der Waals surface area contributed by atoms with Crippen LogP contribution in [0.25, 0.3) is 0 Å². The molecule has 0 saturated heterocycles. The summed E-state index contributed by atoms with van der Waals surface area (Å²) in [5, 5.41) is 9.61. The fraction of sp³-hybridized carbons (Fsp3) is 0.154. The number of aromatic nitrogens is 2. The average molecular weight is 270 g/mol. The lowest BCUT2D eigenvalue weighted by molar-refractivity contribution is 0.0990. The number of nitrogens with zero attached hydrogens (tertiary/aromatic N) is 3. The predicted octanol–water partition coefficient (Wildman–Crippen LogP) is 1.55. The van der Waals surface area contributed by atoms with E-state index in [0.717, 1.165) is 16.5 Å². The van der Waals surface area contributed by atoms with E-state index in [1.807, 2.05) is 16.7 Å². The fourth-order valence-corrected chi connectivity index (χ4v) is 3.33. The second-order valence-electron chi connectivity index (χ2n) is 4.22. The van der Waals surface area contributed by atoms with Crippen molar-refractivity contribution in [2.45, 2.75) is 11.2 Å². The van der Waals surface area contributed by atoms with Gasteiger partial charge in [0.2, 0.25) is 0 Å². The molecule has 1 aliphatic heterocycles. The zero-order valence-electron chi connectivity index (χ0n) is 9.91. The minimum atomic E-state index is -0.472. The molecule has 0 bridgehead atoms. The number of benzene rings is 1. The van der Waals surface area contributed by atoms with E-state index in [9.17, 15) is 4.79 Å². The van der Waals surface area contributed by atoms with Crippen molar-refractivity contribution in [2.75, 3.05) is 5.75 Å². The third-order valence-electron chi connectivity index (χ3n) is 3.12. The topological polar surface area (TPSA) is 84.7 Å². The zero-order valence-corrected chi connectivity index (χ0v) is 10.7. The number of primary amides is 1. The van der Waals surface area contributed by atoms with Crippen molar-refractivity contribution in [1.29, 1.82) is 5.26 Å². The molecule has 0 aliphatic carbocycles. The summed E-state index contributed by atoms with van der Waals surface area (Å²) in [5.41, 5.74) is 7.46. The molecule has 0 radical (unpaired) electrons. The van der Waals surface area contributed by atoms with Crippen LogP contribution in [0.3, 0.4) is 0 Å². The van der Waals surface area contributed by atoms with Gasteiger partial charge in [0.15, 0.2) is 5.16 Å². The van der Waals surface area contributed by atoms with Crippen molar-refractivity contribution >= 4 is 17.7 Å². The van der Waals surface area contributed by atoms with Gasteiger partial charge in [-0.3, -0.25) is 4.79 Å². The van der Waals surface area contributed by atoms with Crippen LogP contribution in [0.15, 0.2) is 35.6 Å². The Morgan fingerprint density at radius 3 is 2.84 bits per heavy atom. The van der Waals surface area contributed by atoms with Gasteiger partial charge in [-0.25, -0.2) is 4.98 Å². The summed E-state index contributed by atoms with van der Waals surface area (Å²) in [5.74, 6) is 0.343.